The maximum atomic E-state index is 12.3. The Kier molecular flexibility index (Phi) is 5.15. The molecule has 0 saturated carbocycles. The second-order valence-electron chi connectivity index (χ2n) is 5.49. The Labute approximate surface area is 150 Å². The number of fused-ring (bicyclic) bond motifs is 1. The summed E-state index contributed by atoms with van der Waals surface area (Å²) in [6, 6.07) is 13.2. The zero-order valence-corrected chi connectivity index (χ0v) is 14.7. The highest BCUT2D eigenvalue weighted by Crippen LogP contribution is 2.30. The molecule has 25 heavy (non-hydrogen) atoms. The first-order valence-corrected chi connectivity index (χ1v) is 9.61. The summed E-state index contributed by atoms with van der Waals surface area (Å²) < 4.78 is 35.8. The Morgan fingerprint density at radius 3 is 2.56 bits per heavy atom. The quantitative estimate of drug-likeness (QED) is 0.857. The van der Waals surface area contributed by atoms with Crippen molar-refractivity contribution in [3.8, 4) is 11.5 Å². The number of nitrogens with one attached hydrogen (secondary N) is 1. The van der Waals surface area contributed by atoms with E-state index in [0.717, 1.165) is 0 Å². The van der Waals surface area contributed by atoms with E-state index in [1.165, 1.54) is 12.1 Å². The number of carbonyl (C=O) groups is 1. The molecular formula is C17H16ClNO5S. The van der Waals surface area contributed by atoms with Gasteiger partial charge in [-0.05, 0) is 24.3 Å². The Balaban J connectivity index is 1.56. The molecule has 1 aliphatic rings. The third-order valence-electron chi connectivity index (χ3n) is 3.59. The summed E-state index contributed by atoms with van der Waals surface area (Å²) in [6.45, 7) is 0.416. The van der Waals surface area contributed by atoms with Gasteiger partial charge in [0.15, 0.2) is 21.3 Å². The van der Waals surface area contributed by atoms with Crippen LogP contribution in [0.4, 0.5) is 0 Å². The third kappa shape index (κ3) is 4.24. The van der Waals surface area contributed by atoms with Crippen molar-refractivity contribution >= 4 is 27.3 Å². The third-order valence-corrected chi connectivity index (χ3v) is 5.70. The van der Waals surface area contributed by atoms with Crippen molar-refractivity contribution < 1.29 is 22.7 Å². The zero-order valence-electron chi connectivity index (χ0n) is 13.1. The van der Waals surface area contributed by atoms with Gasteiger partial charge < -0.3 is 14.8 Å². The van der Waals surface area contributed by atoms with E-state index in [1.807, 2.05) is 12.1 Å². The fourth-order valence-corrected chi connectivity index (χ4v) is 4.13. The van der Waals surface area contributed by atoms with Crippen LogP contribution in [0, 0.1) is 0 Å². The van der Waals surface area contributed by atoms with Gasteiger partial charge in [0.2, 0.25) is 5.91 Å². The van der Waals surface area contributed by atoms with E-state index in [2.05, 4.69) is 5.32 Å². The second-order valence-corrected chi connectivity index (χ2v) is 7.86. The Bertz CT molecular complexity index is 884. The molecule has 0 aliphatic carbocycles. The summed E-state index contributed by atoms with van der Waals surface area (Å²) in [7, 11) is -3.81. The van der Waals surface area contributed by atoms with Gasteiger partial charge in [0.25, 0.3) is 0 Å². The molecule has 0 saturated heterocycles. The van der Waals surface area contributed by atoms with Gasteiger partial charge in [-0.15, -0.1) is 0 Å². The second kappa shape index (κ2) is 7.33. The fourth-order valence-electron chi connectivity index (χ4n) is 2.39. The average molecular weight is 382 g/mol. The van der Waals surface area contributed by atoms with Crippen molar-refractivity contribution in [3.63, 3.8) is 0 Å². The molecule has 132 valence electrons. The first-order valence-electron chi connectivity index (χ1n) is 7.58. The molecule has 1 amide bonds. The molecule has 1 atom stereocenters. The van der Waals surface area contributed by atoms with Gasteiger partial charge in [0.1, 0.15) is 18.5 Å². The lowest BCUT2D eigenvalue weighted by Crippen LogP contribution is -2.42. The number of hydrogen-bond acceptors (Lipinski definition) is 5. The molecular weight excluding hydrogens is 366 g/mol. The largest absolute Gasteiger partial charge is 0.486 e. The van der Waals surface area contributed by atoms with E-state index in [0.29, 0.717) is 11.5 Å². The van der Waals surface area contributed by atoms with Gasteiger partial charge >= 0.3 is 0 Å². The van der Waals surface area contributed by atoms with Gasteiger partial charge in [-0.2, -0.15) is 0 Å². The van der Waals surface area contributed by atoms with Crippen molar-refractivity contribution in [1.29, 1.82) is 0 Å². The molecule has 2 aromatic carbocycles. The molecule has 2 aromatic rings. The maximum absolute atomic E-state index is 12.3. The highest BCUT2D eigenvalue weighted by atomic mass is 35.5. The van der Waals surface area contributed by atoms with Crippen LogP contribution in [0.2, 0.25) is 5.02 Å². The smallest absolute Gasteiger partial charge is 0.235 e. The molecule has 1 N–H and O–H groups in total. The van der Waals surface area contributed by atoms with Crippen LogP contribution in [0.5, 0.6) is 11.5 Å². The topological polar surface area (TPSA) is 81.7 Å². The van der Waals surface area contributed by atoms with E-state index in [9.17, 15) is 13.2 Å². The van der Waals surface area contributed by atoms with Crippen molar-refractivity contribution in [2.45, 2.75) is 11.0 Å². The van der Waals surface area contributed by atoms with Crippen LogP contribution >= 0.6 is 11.6 Å². The highest BCUT2D eigenvalue weighted by Gasteiger charge is 2.24. The zero-order chi connectivity index (χ0) is 17.9. The van der Waals surface area contributed by atoms with Gasteiger partial charge in [0, 0.05) is 0 Å². The lowest BCUT2D eigenvalue weighted by molar-refractivity contribution is -0.119. The molecule has 0 radical (unpaired) electrons. The number of carbonyl (C=O) groups excluding carboxylic acids is 1. The monoisotopic (exact) mass is 381 g/mol. The molecule has 3 rings (SSSR count). The number of ether oxygens (including phenoxy) is 2. The van der Waals surface area contributed by atoms with Crippen molar-refractivity contribution in [2.24, 2.45) is 0 Å². The number of sulfone groups is 1. The van der Waals surface area contributed by atoms with Crippen LogP contribution in [0.1, 0.15) is 0 Å². The number of amides is 1. The van der Waals surface area contributed by atoms with E-state index < -0.39 is 21.5 Å². The minimum Gasteiger partial charge on any atom is -0.486 e. The molecule has 8 heteroatoms. The highest BCUT2D eigenvalue weighted by molar-refractivity contribution is 7.92. The number of rotatable bonds is 5. The molecule has 0 fully saturated rings. The average Bonchev–Trinajstić information content (AvgIpc) is 2.59. The van der Waals surface area contributed by atoms with Crippen LogP contribution in [0.25, 0.3) is 0 Å². The maximum Gasteiger partial charge on any atom is 0.235 e. The van der Waals surface area contributed by atoms with Gasteiger partial charge in [0.05, 0.1) is 16.5 Å². The van der Waals surface area contributed by atoms with Crippen molar-refractivity contribution in [2.75, 3.05) is 18.9 Å². The number of para-hydroxylation sites is 2. The van der Waals surface area contributed by atoms with E-state index >= 15 is 0 Å². The minimum atomic E-state index is -3.81. The lowest BCUT2D eigenvalue weighted by atomic mass is 10.2. The summed E-state index contributed by atoms with van der Waals surface area (Å²) in [4.78, 5) is 11.9. The van der Waals surface area contributed by atoms with Crippen molar-refractivity contribution in [1.82, 2.24) is 5.32 Å². The van der Waals surface area contributed by atoms with Crippen LogP contribution < -0.4 is 14.8 Å². The Morgan fingerprint density at radius 1 is 1.12 bits per heavy atom. The van der Waals surface area contributed by atoms with E-state index in [-0.39, 0.29) is 29.2 Å². The number of benzene rings is 2. The standard InChI is InChI=1S/C17H16ClNO5S/c18-13-5-1-4-8-16(13)25(21,22)11-17(20)19-9-12-10-23-14-6-2-3-7-15(14)24-12/h1-8,12H,9-11H2,(H,19,20). The fraction of sp³-hybridized carbons (Fsp3) is 0.235. The van der Waals surface area contributed by atoms with E-state index in [4.69, 9.17) is 21.1 Å². The van der Waals surface area contributed by atoms with Crippen molar-refractivity contribution in [3.05, 3.63) is 53.6 Å². The SMILES string of the molecule is O=C(CS(=O)(=O)c1ccccc1Cl)NCC1COc2ccccc2O1. The molecule has 6 nitrogen and oxygen atoms in total. The Hall–Kier alpha value is -2.25. The molecule has 1 unspecified atom stereocenters. The summed E-state index contributed by atoms with van der Waals surface area (Å²) >= 11 is 5.89. The van der Waals surface area contributed by atoms with Gasteiger partial charge in [-0.3, -0.25) is 4.79 Å². The lowest BCUT2D eigenvalue weighted by Gasteiger charge is -2.26. The predicted octanol–water partition coefficient (Wildman–Crippen LogP) is 2.07. The summed E-state index contributed by atoms with van der Waals surface area (Å²) in [5.74, 6) is -0.0635. The molecule has 0 aromatic heterocycles. The first-order chi connectivity index (χ1) is 12.0. The number of halogens is 1. The van der Waals surface area contributed by atoms with Crippen LogP contribution in [-0.2, 0) is 14.6 Å². The molecule has 1 heterocycles. The van der Waals surface area contributed by atoms with E-state index in [1.54, 1.807) is 24.3 Å². The summed E-state index contributed by atoms with van der Waals surface area (Å²) in [5.41, 5.74) is 0. The molecule has 0 bridgehead atoms. The summed E-state index contributed by atoms with van der Waals surface area (Å²) in [6.07, 6.45) is -0.387. The van der Waals surface area contributed by atoms with Crippen LogP contribution in [0.3, 0.4) is 0 Å². The normalized spacial score (nSPS) is 16.3. The summed E-state index contributed by atoms with van der Waals surface area (Å²) in [5, 5.41) is 2.66. The minimum absolute atomic E-state index is 0.0574. The predicted molar refractivity (Wildman–Crippen MR) is 92.9 cm³/mol. The van der Waals surface area contributed by atoms with Gasteiger partial charge in [-0.25, -0.2) is 8.42 Å². The molecule has 1 aliphatic heterocycles. The Morgan fingerprint density at radius 2 is 1.80 bits per heavy atom. The van der Waals surface area contributed by atoms with Crippen LogP contribution in [0.15, 0.2) is 53.4 Å². The molecule has 0 spiro atoms. The number of hydrogen-bond donors (Lipinski definition) is 1. The first kappa shape index (κ1) is 17.6. The van der Waals surface area contributed by atoms with Gasteiger partial charge in [-0.1, -0.05) is 35.9 Å². The van der Waals surface area contributed by atoms with Crippen LogP contribution in [-0.4, -0.2) is 39.3 Å².